The van der Waals surface area contributed by atoms with E-state index in [1.165, 1.54) is 18.9 Å². The second-order valence-electron chi connectivity index (χ2n) is 3.84. The molecule has 0 spiro atoms. The molecule has 0 fully saturated rings. The van der Waals surface area contributed by atoms with E-state index in [0.717, 1.165) is 12.1 Å². The van der Waals surface area contributed by atoms with Crippen LogP contribution in [-0.2, 0) is 9.05 Å². The number of rotatable bonds is 3. The van der Waals surface area contributed by atoms with E-state index in [4.69, 9.17) is 10.7 Å². The van der Waals surface area contributed by atoms with Crippen LogP contribution in [0.2, 0.25) is 0 Å². The molecule has 0 aliphatic carbocycles. The Morgan fingerprint density at radius 2 is 2.00 bits per heavy atom. The highest BCUT2D eigenvalue weighted by Gasteiger charge is 2.21. The third-order valence-corrected chi connectivity index (χ3v) is 4.08. The first-order chi connectivity index (χ1) is 8.18. The van der Waals surface area contributed by atoms with Gasteiger partial charge >= 0.3 is 0 Å². The quantitative estimate of drug-likeness (QED) is 0.803. The molecule has 1 rings (SSSR count). The zero-order valence-electron chi connectivity index (χ0n) is 10.2. The Morgan fingerprint density at radius 3 is 2.44 bits per heavy atom. The van der Waals surface area contributed by atoms with Gasteiger partial charge in [-0.2, -0.15) is 0 Å². The van der Waals surface area contributed by atoms with Gasteiger partial charge in [-0.25, -0.2) is 12.8 Å². The van der Waals surface area contributed by atoms with Gasteiger partial charge in [0.1, 0.15) is 5.82 Å². The summed E-state index contributed by atoms with van der Waals surface area (Å²) in [4.78, 5) is 12.8. The minimum Gasteiger partial charge on any atom is -0.342 e. The van der Waals surface area contributed by atoms with Crippen molar-refractivity contribution in [1.82, 2.24) is 4.90 Å². The topological polar surface area (TPSA) is 54.5 Å². The molecular weight excluding hydrogens is 281 g/mol. The fourth-order valence-electron chi connectivity index (χ4n) is 1.39. The maximum absolute atomic E-state index is 13.6. The van der Waals surface area contributed by atoms with Crippen LogP contribution in [0.25, 0.3) is 0 Å². The van der Waals surface area contributed by atoms with E-state index in [-0.39, 0.29) is 16.0 Å². The lowest BCUT2D eigenvalue weighted by molar-refractivity contribution is 0.0801. The van der Waals surface area contributed by atoms with Crippen LogP contribution >= 0.6 is 10.7 Å². The van der Waals surface area contributed by atoms with Gasteiger partial charge in [-0.3, -0.25) is 4.79 Å². The third-order valence-electron chi connectivity index (χ3n) is 2.63. The molecule has 0 unspecified atom stereocenters. The van der Waals surface area contributed by atoms with Gasteiger partial charge in [0.15, 0.2) is 0 Å². The predicted octanol–water partition coefficient (Wildman–Crippen LogP) is 2.15. The molecule has 100 valence electrons. The maximum Gasteiger partial charge on any atom is 0.261 e. The van der Waals surface area contributed by atoms with E-state index in [1.807, 2.05) is 0 Å². The molecule has 0 radical (unpaired) electrons. The Bertz CT molecular complexity index is 586. The van der Waals surface area contributed by atoms with Crippen molar-refractivity contribution in [3.8, 4) is 0 Å². The zero-order valence-corrected chi connectivity index (χ0v) is 11.8. The number of benzene rings is 1. The summed E-state index contributed by atoms with van der Waals surface area (Å²) < 4.78 is 36.2. The van der Waals surface area contributed by atoms with Crippen LogP contribution in [0.1, 0.15) is 22.8 Å². The highest BCUT2D eigenvalue weighted by Crippen LogP contribution is 2.24. The van der Waals surface area contributed by atoms with Crippen LogP contribution in [-0.4, -0.2) is 32.8 Å². The predicted molar refractivity (Wildman–Crippen MR) is 66.8 cm³/mol. The summed E-state index contributed by atoms with van der Waals surface area (Å²) in [6.07, 6.45) is 0. The summed E-state index contributed by atoms with van der Waals surface area (Å²) in [5.41, 5.74) is -0.137. The Labute approximate surface area is 110 Å². The average Bonchev–Trinajstić information content (AvgIpc) is 2.28. The number of hydrogen-bond donors (Lipinski definition) is 0. The molecule has 0 N–H and O–H groups in total. The molecule has 18 heavy (non-hydrogen) atoms. The SMILES string of the molecule is CCN(C)C(=O)c1cc(F)c(C)c(S(=O)(=O)Cl)c1. The van der Waals surface area contributed by atoms with Gasteiger partial charge in [-0.05, 0) is 26.0 Å². The smallest absolute Gasteiger partial charge is 0.261 e. The summed E-state index contributed by atoms with van der Waals surface area (Å²) in [5.74, 6) is -1.23. The van der Waals surface area contributed by atoms with E-state index in [2.05, 4.69) is 0 Å². The number of amides is 1. The maximum atomic E-state index is 13.6. The van der Waals surface area contributed by atoms with Crippen LogP contribution in [0.15, 0.2) is 17.0 Å². The fraction of sp³-hybridized carbons (Fsp3) is 0.364. The van der Waals surface area contributed by atoms with Crippen molar-refractivity contribution >= 4 is 25.6 Å². The molecule has 0 bridgehead atoms. The molecular formula is C11H13ClFNO3S. The van der Waals surface area contributed by atoms with Gasteiger partial charge < -0.3 is 4.90 Å². The summed E-state index contributed by atoms with van der Waals surface area (Å²) in [7, 11) is 2.66. The van der Waals surface area contributed by atoms with Crippen molar-refractivity contribution in [2.24, 2.45) is 0 Å². The van der Waals surface area contributed by atoms with Gasteiger partial charge in [0.2, 0.25) is 0 Å². The van der Waals surface area contributed by atoms with Crippen LogP contribution in [0, 0.1) is 12.7 Å². The van der Waals surface area contributed by atoms with E-state index in [0.29, 0.717) is 6.54 Å². The van der Waals surface area contributed by atoms with Crippen LogP contribution in [0.4, 0.5) is 4.39 Å². The van der Waals surface area contributed by atoms with E-state index < -0.39 is 20.8 Å². The Kier molecular flexibility index (Phi) is 4.34. The Morgan fingerprint density at radius 1 is 1.44 bits per heavy atom. The number of halogens is 2. The first-order valence-electron chi connectivity index (χ1n) is 5.18. The normalized spacial score (nSPS) is 11.4. The summed E-state index contributed by atoms with van der Waals surface area (Å²) >= 11 is 0. The van der Waals surface area contributed by atoms with Crippen molar-refractivity contribution in [1.29, 1.82) is 0 Å². The third kappa shape index (κ3) is 3.00. The Balaban J connectivity index is 3.43. The molecule has 7 heteroatoms. The molecule has 0 saturated heterocycles. The number of nitrogens with zero attached hydrogens (tertiary/aromatic N) is 1. The van der Waals surface area contributed by atoms with Gasteiger partial charge in [0.25, 0.3) is 15.0 Å². The first kappa shape index (κ1) is 14.9. The molecule has 1 aromatic carbocycles. The Hall–Kier alpha value is -1.14. The van der Waals surface area contributed by atoms with Crippen molar-refractivity contribution in [2.75, 3.05) is 13.6 Å². The van der Waals surface area contributed by atoms with Gasteiger partial charge in [0, 0.05) is 35.4 Å². The van der Waals surface area contributed by atoms with Gasteiger partial charge in [-0.1, -0.05) is 0 Å². The second-order valence-corrected chi connectivity index (χ2v) is 6.37. The molecule has 0 saturated carbocycles. The van der Waals surface area contributed by atoms with Gasteiger partial charge in [-0.15, -0.1) is 0 Å². The van der Waals surface area contributed by atoms with Gasteiger partial charge in [0.05, 0.1) is 4.90 Å². The molecule has 0 aromatic heterocycles. The first-order valence-corrected chi connectivity index (χ1v) is 7.49. The van der Waals surface area contributed by atoms with E-state index in [9.17, 15) is 17.6 Å². The standard InChI is InChI=1S/C11H13ClFNO3S/c1-4-14(3)11(15)8-5-9(13)7(2)10(6-8)18(12,16)17/h5-6H,4H2,1-3H3. The van der Waals surface area contributed by atoms with E-state index >= 15 is 0 Å². The molecule has 0 aliphatic rings. The van der Waals surface area contributed by atoms with Crippen molar-refractivity contribution in [3.05, 3.63) is 29.1 Å². The van der Waals surface area contributed by atoms with Crippen LogP contribution < -0.4 is 0 Å². The zero-order chi connectivity index (χ0) is 14.1. The summed E-state index contributed by atoms with van der Waals surface area (Å²) in [5, 5.41) is 0. The van der Waals surface area contributed by atoms with Crippen molar-refractivity contribution < 1.29 is 17.6 Å². The number of carbonyl (C=O) groups excluding carboxylic acids is 1. The van der Waals surface area contributed by atoms with Crippen LogP contribution in [0.5, 0.6) is 0 Å². The molecule has 0 aliphatic heterocycles. The highest BCUT2D eigenvalue weighted by atomic mass is 35.7. The summed E-state index contributed by atoms with van der Waals surface area (Å²) in [6.45, 7) is 3.47. The minimum absolute atomic E-state index is 0.0401. The van der Waals surface area contributed by atoms with Crippen molar-refractivity contribution in [3.63, 3.8) is 0 Å². The molecule has 0 heterocycles. The lowest BCUT2D eigenvalue weighted by atomic mass is 10.1. The molecule has 4 nitrogen and oxygen atoms in total. The highest BCUT2D eigenvalue weighted by molar-refractivity contribution is 8.13. The lowest BCUT2D eigenvalue weighted by Gasteiger charge is -2.15. The number of carbonyl (C=O) groups is 1. The average molecular weight is 294 g/mol. The molecule has 1 amide bonds. The fourth-order valence-corrected chi connectivity index (χ4v) is 2.61. The monoisotopic (exact) mass is 293 g/mol. The van der Waals surface area contributed by atoms with Crippen LogP contribution in [0.3, 0.4) is 0 Å². The second kappa shape index (κ2) is 5.24. The largest absolute Gasteiger partial charge is 0.342 e. The van der Waals surface area contributed by atoms with Crippen molar-refractivity contribution in [2.45, 2.75) is 18.7 Å². The lowest BCUT2D eigenvalue weighted by Crippen LogP contribution is -2.26. The molecule has 1 aromatic rings. The summed E-state index contributed by atoms with van der Waals surface area (Å²) in [6, 6.07) is 2.10. The minimum atomic E-state index is -4.08. The van der Waals surface area contributed by atoms with E-state index in [1.54, 1.807) is 6.92 Å². The number of hydrogen-bond acceptors (Lipinski definition) is 3. The molecule has 0 atom stereocenters.